The van der Waals surface area contributed by atoms with Crippen LogP contribution in [0.5, 0.6) is 11.5 Å². The summed E-state index contributed by atoms with van der Waals surface area (Å²) in [5.41, 5.74) is 3.10. The first-order chi connectivity index (χ1) is 16.6. The van der Waals surface area contributed by atoms with Crippen molar-refractivity contribution in [3.8, 4) is 11.5 Å². The van der Waals surface area contributed by atoms with Gasteiger partial charge in [-0.05, 0) is 35.2 Å². The van der Waals surface area contributed by atoms with Gasteiger partial charge in [-0.25, -0.2) is 0 Å². The largest absolute Gasteiger partial charge is 0.485 e. The summed E-state index contributed by atoms with van der Waals surface area (Å²) in [4.78, 5) is 22.3. The Morgan fingerprint density at radius 3 is 1.85 bits per heavy atom. The van der Waals surface area contributed by atoms with Crippen LogP contribution in [0.4, 0.5) is 0 Å². The topological polar surface area (TPSA) is 105 Å². The van der Waals surface area contributed by atoms with E-state index in [1.165, 1.54) is 0 Å². The summed E-state index contributed by atoms with van der Waals surface area (Å²) in [5.74, 6) is 0.0423. The van der Waals surface area contributed by atoms with Crippen molar-refractivity contribution >= 4 is 11.9 Å². The quantitative estimate of drug-likeness (QED) is 0.374. The molecule has 0 radical (unpaired) electrons. The summed E-state index contributed by atoms with van der Waals surface area (Å²) < 4.78 is 12.1. The van der Waals surface area contributed by atoms with E-state index in [-0.39, 0.29) is 18.7 Å². The van der Waals surface area contributed by atoms with Crippen LogP contribution in [0.2, 0.25) is 0 Å². The molecule has 0 aliphatic carbocycles. The number of nitrogens with one attached hydrogen (secondary N) is 1. The number of amides is 1. The highest BCUT2D eigenvalue weighted by atomic mass is 16.5. The van der Waals surface area contributed by atoms with Crippen LogP contribution >= 0.6 is 0 Å². The number of hydrogen-bond acceptors (Lipinski definition) is 5. The second kappa shape index (κ2) is 15.1. The summed E-state index contributed by atoms with van der Waals surface area (Å²) in [7, 11) is 1.00. The number of carboxylic acids is 1. The first kappa shape index (κ1) is 26.4. The first-order valence-corrected chi connectivity index (χ1v) is 11.0. The van der Waals surface area contributed by atoms with Crippen molar-refractivity contribution < 1.29 is 29.3 Å². The van der Waals surface area contributed by atoms with Crippen LogP contribution < -0.4 is 14.8 Å². The Bertz CT molecular complexity index is 1010. The Kier molecular flexibility index (Phi) is 11.7. The third-order valence-corrected chi connectivity index (χ3v) is 4.78. The average molecular weight is 466 g/mol. The second-order valence-electron chi connectivity index (χ2n) is 7.32. The maximum absolute atomic E-state index is 11.7. The molecule has 180 valence electrons. The number of carbonyl (C=O) groups excluding carboxylic acids is 1. The molecule has 7 heteroatoms. The van der Waals surface area contributed by atoms with Gasteiger partial charge in [-0.1, -0.05) is 66.7 Å². The van der Waals surface area contributed by atoms with Gasteiger partial charge in [0.25, 0.3) is 0 Å². The third-order valence-electron chi connectivity index (χ3n) is 4.78. The number of carbonyl (C=O) groups is 2. The minimum absolute atomic E-state index is 0.0208. The predicted molar refractivity (Wildman–Crippen MR) is 130 cm³/mol. The van der Waals surface area contributed by atoms with Crippen LogP contribution in [-0.4, -0.2) is 35.7 Å². The summed E-state index contributed by atoms with van der Waals surface area (Å²) >= 11 is 0. The molecule has 0 bridgehead atoms. The lowest BCUT2D eigenvalue weighted by Gasteiger charge is -2.15. The van der Waals surface area contributed by atoms with Crippen molar-refractivity contribution in [2.45, 2.75) is 32.5 Å². The lowest BCUT2D eigenvalue weighted by Crippen LogP contribution is -2.26. The van der Waals surface area contributed by atoms with Crippen molar-refractivity contribution in [2.24, 2.45) is 0 Å². The normalized spacial score (nSPS) is 9.94. The van der Waals surface area contributed by atoms with E-state index in [2.05, 4.69) is 5.32 Å². The standard InChI is InChI=1S/C26H27NO5.CH4O/c28-25(13-14-26(29)30)27-16-15-20-11-12-23(31-18-21-7-3-1-4-8-21)24(17-20)32-19-22-9-5-2-6-10-22;1-2/h1-12,17H,13-16,18-19H2,(H,27,28)(H,29,30);2H,1H3. The highest BCUT2D eigenvalue weighted by Gasteiger charge is 2.10. The van der Waals surface area contributed by atoms with E-state index in [1.54, 1.807) is 0 Å². The number of benzene rings is 3. The van der Waals surface area contributed by atoms with E-state index in [0.29, 0.717) is 37.7 Å². The van der Waals surface area contributed by atoms with E-state index in [9.17, 15) is 9.59 Å². The molecule has 0 fully saturated rings. The van der Waals surface area contributed by atoms with Crippen LogP contribution in [-0.2, 0) is 29.2 Å². The minimum Gasteiger partial charge on any atom is -0.485 e. The Morgan fingerprint density at radius 2 is 1.29 bits per heavy atom. The zero-order valence-corrected chi connectivity index (χ0v) is 19.3. The van der Waals surface area contributed by atoms with Gasteiger partial charge in [0.1, 0.15) is 13.2 Å². The van der Waals surface area contributed by atoms with Gasteiger partial charge < -0.3 is 25.0 Å². The van der Waals surface area contributed by atoms with Gasteiger partial charge in [0.15, 0.2) is 11.5 Å². The van der Waals surface area contributed by atoms with Gasteiger partial charge in [-0.3, -0.25) is 9.59 Å². The number of aliphatic carboxylic acids is 1. The molecule has 0 spiro atoms. The molecule has 0 aliphatic rings. The van der Waals surface area contributed by atoms with Crippen LogP contribution in [0.3, 0.4) is 0 Å². The molecule has 0 saturated heterocycles. The monoisotopic (exact) mass is 465 g/mol. The number of rotatable bonds is 12. The van der Waals surface area contributed by atoms with Crippen molar-refractivity contribution in [3.05, 3.63) is 95.6 Å². The molecule has 3 N–H and O–H groups in total. The average Bonchev–Trinajstić information content (AvgIpc) is 2.88. The Balaban J connectivity index is 0.00000199. The summed E-state index contributed by atoms with van der Waals surface area (Å²) in [6.45, 7) is 1.26. The molecule has 0 unspecified atom stereocenters. The maximum Gasteiger partial charge on any atom is 0.303 e. The molecule has 0 aliphatic heterocycles. The molecule has 0 atom stereocenters. The number of aliphatic hydroxyl groups excluding tert-OH is 1. The van der Waals surface area contributed by atoms with E-state index in [0.717, 1.165) is 23.8 Å². The molecule has 0 saturated carbocycles. The van der Waals surface area contributed by atoms with Crippen LogP contribution in [0.1, 0.15) is 29.5 Å². The van der Waals surface area contributed by atoms with Crippen molar-refractivity contribution in [2.75, 3.05) is 13.7 Å². The van der Waals surface area contributed by atoms with Gasteiger partial charge in [-0.15, -0.1) is 0 Å². The fourth-order valence-corrected chi connectivity index (χ4v) is 3.07. The molecule has 0 aromatic heterocycles. The first-order valence-electron chi connectivity index (χ1n) is 11.0. The maximum atomic E-state index is 11.7. The Hall–Kier alpha value is -3.84. The van der Waals surface area contributed by atoms with Crippen LogP contribution in [0, 0.1) is 0 Å². The molecule has 0 heterocycles. The smallest absolute Gasteiger partial charge is 0.303 e. The Labute approximate surface area is 200 Å². The molecule has 1 amide bonds. The van der Waals surface area contributed by atoms with Gasteiger partial charge in [0, 0.05) is 20.1 Å². The number of carboxylic acid groups (broad SMARTS) is 1. The SMILES string of the molecule is CO.O=C(O)CCC(=O)NCCc1ccc(OCc2ccccc2)c(OCc2ccccc2)c1. The molecule has 3 aromatic carbocycles. The molecular weight excluding hydrogens is 434 g/mol. The lowest BCUT2D eigenvalue weighted by atomic mass is 10.1. The van der Waals surface area contributed by atoms with Gasteiger partial charge in [-0.2, -0.15) is 0 Å². The molecule has 7 nitrogen and oxygen atoms in total. The van der Waals surface area contributed by atoms with Gasteiger partial charge in [0.2, 0.25) is 5.91 Å². The summed E-state index contributed by atoms with van der Waals surface area (Å²) in [6.07, 6.45) is 0.406. The minimum atomic E-state index is -0.980. The molecule has 3 rings (SSSR count). The number of hydrogen-bond donors (Lipinski definition) is 3. The molecule has 3 aromatic rings. The lowest BCUT2D eigenvalue weighted by molar-refractivity contribution is -0.138. The van der Waals surface area contributed by atoms with Gasteiger partial charge >= 0.3 is 5.97 Å². The van der Waals surface area contributed by atoms with Crippen molar-refractivity contribution in [1.82, 2.24) is 5.32 Å². The fraction of sp³-hybridized carbons (Fsp3) is 0.259. The zero-order chi connectivity index (χ0) is 24.6. The third kappa shape index (κ3) is 9.75. The highest BCUT2D eigenvalue weighted by Crippen LogP contribution is 2.30. The fourth-order valence-electron chi connectivity index (χ4n) is 3.07. The number of ether oxygens (including phenoxy) is 2. The zero-order valence-electron chi connectivity index (χ0n) is 19.3. The summed E-state index contributed by atoms with van der Waals surface area (Å²) in [6, 6.07) is 25.6. The second-order valence-corrected chi connectivity index (χ2v) is 7.32. The highest BCUT2D eigenvalue weighted by molar-refractivity contribution is 5.80. The Morgan fingerprint density at radius 1 is 0.735 bits per heavy atom. The predicted octanol–water partition coefficient (Wildman–Crippen LogP) is 3.98. The van der Waals surface area contributed by atoms with Crippen LogP contribution in [0.15, 0.2) is 78.9 Å². The van der Waals surface area contributed by atoms with E-state index in [4.69, 9.17) is 19.7 Å². The van der Waals surface area contributed by atoms with E-state index >= 15 is 0 Å². The number of aliphatic hydroxyl groups is 1. The van der Waals surface area contributed by atoms with E-state index < -0.39 is 5.97 Å². The van der Waals surface area contributed by atoms with Crippen molar-refractivity contribution in [1.29, 1.82) is 0 Å². The van der Waals surface area contributed by atoms with Gasteiger partial charge in [0.05, 0.1) is 6.42 Å². The summed E-state index contributed by atoms with van der Waals surface area (Å²) in [5, 5.41) is 18.4. The molecule has 34 heavy (non-hydrogen) atoms. The van der Waals surface area contributed by atoms with Crippen LogP contribution in [0.25, 0.3) is 0 Å². The van der Waals surface area contributed by atoms with E-state index in [1.807, 2.05) is 78.9 Å². The molecular formula is C27H31NO6. The van der Waals surface area contributed by atoms with Crippen molar-refractivity contribution in [3.63, 3.8) is 0 Å².